The summed E-state index contributed by atoms with van der Waals surface area (Å²) in [4.78, 5) is 18.5. The van der Waals surface area contributed by atoms with Gasteiger partial charge < -0.3 is 5.73 Å². The molecule has 3 aromatic rings. The summed E-state index contributed by atoms with van der Waals surface area (Å²) in [5.41, 5.74) is 7.41. The summed E-state index contributed by atoms with van der Waals surface area (Å²) in [7, 11) is 1.67. The number of halogens is 3. The van der Waals surface area contributed by atoms with E-state index < -0.39 is 4.87 Å². The van der Waals surface area contributed by atoms with Crippen molar-refractivity contribution >= 4 is 51.9 Å². The lowest BCUT2D eigenvalue weighted by atomic mass is 10.0. The van der Waals surface area contributed by atoms with Crippen molar-refractivity contribution < 1.29 is 9.18 Å². The molecule has 6 nitrogen and oxygen atoms in total. The second-order valence-electron chi connectivity index (χ2n) is 7.92. The first-order chi connectivity index (χ1) is 17.3. The summed E-state index contributed by atoms with van der Waals surface area (Å²) in [6.45, 7) is 2.17. The molecule has 0 saturated carbocycles. The number of benzene rings is 2. The summed E-state index contributed by atoms with van der Waals surface area (Å²) >= 11 is 11.5. The molecule has 1 unspecified atom stereocenters. The predicted octanol–water partition coefficient (Wildman–Crippen LogP) is 6.59. The number of alkyl halides is 2. The van der Waals surface area contributed by atoms with E-state index in [4.69, 9.17) is 34.0 Å². The molecule has 1 atom stereocenters. The Kier molecular flexibility index (Phi) is 10.1. The molecule has 1 aromatic heterocycles. The number of pyridine rings is 1. The Bertz CT molecular complexity index is 1170. The molecule has 2 N–H and O–H groups in total. The highest BCUT2D eigenvalue weighted by Crippen LogP contribution is 2.50. The van der Waals surface area contributed by atoms with Crippen LogP contribution in [0.5, 0.6) is 0 Å². The number of amides is 2. The molecular weight excluding hydrogens is 520 g/mol. The van der Waals surface area contributed by atoms with Crippen molar-refractivity contribution in [1.29, 1.82) is 0 Å². The fraction of sp³-hybridized carbons (Fsp3) is 0.269. The van der Waals surface area contributed by atoms with Crippen LogP contribution in [0.15, 0.2) is 84.1 Å². The number of hydrogen-bond donors (Lipinski definition) is 1. The van der Waals surface area contributed by atoms with Crippen LogP contribution in [0.2, 0.25) is 0 Å². The molecule has 10 heteroatoms. The minimum atomic E-state index is -0.817. The largest absolute Gasteiger partial charge is 0.347 e. The van der Waals surface area contributed by atoms with Crippen LogP contribution in [0.3, 0.4) is 0 Å². The van der Waals surface area contributed by atoms with Crippen LogP contribution in [0.25, 0.3) is 0 Å². The molecule has 0 bridgehead atoms. The summed E-state index contributed by atoms with van der Waals surface area (Å²) in [6, 6.07) is 21.1. The van der Waals surface area contributed by atoms with Crippen LogP contribution in [0.1, 0.15) is 30.9 Å². The van der Waals surface area contributed by atoms with Gasteiger partial charge in [-0.25, -0.2) is 14.2 Å². The zero-order chi connectivity index (χ0) is 26.1. The Labute approximate surface area is 225 Å². The van der Waals surface area contributed by atoms with Crippen molar-refractivity contribution in [3.8, 4) is 0 Å². The third-order valence-corrected chi connectivity index (χ3v) is 6.74. The number of urea groups is 1. The van der Waals surface area contributed by atoms with Gasteiger partial charge in [0.2, 0.25) is 0 Å². The van der Waals surface area contributed by atoms with Crippen LogP contribution >= 0.6 is 35.0 Å². The second kappa shape index (κ2) is 13.1. The van der Waals surface area contributed by atoms with Gasteiger partial charge in [-0.3, -0.25) is 4.90 Å². The van der Waals surface area contributed by atoms with Crippen molar-refractivity contribution in [2.75, 3.05) is 18.5 Å². The highest BCUT2D eigenvalue weighted by atomic mass is 35.5. The lowest BCUT2D eigenvalue weighted by molar-refractivity contribution is 0.170. The number of aromatic nitrogens is 1. The molecule has 2 amide bonds. The van der Waals surface area contributed by atoms with Crippen LogP contribution in [-0.4, -0.2) is 39.5 Å². The average molecular weight is 549 g/mol. The Morgan fingerprint density at radius 3 is 2.44 bits per heavy atom. The number of carbonyl (C=O) groups excluding carboxylic acids is 1. The first-order valence-electron chi connectivity index (χ1n) is 11.3. The third-order valence-electron chi connectivity index (χ3n) is 5.28. The van der Waals surface area contributed by atoms with Gasteiger partial charge in [-0.15, -0.1) is 23.2 Å². The van der Waals surface area contributed by atoms with Gasteiger partial charge in [-0.05, 0) is 56.1 Å². The maximum Gasteiger partial charge on any atom is 0.347 e. The maximum absolute atomic E-state index is 14.0. The monoisotopic (exact) mass is 547 g/mol. The quantitative estimate of drug-likeness (QED) is 0.353. The number of hydrazone groups is 1. The van der Waals surface area contributed by atoms with Crippen molar-refractivity contribution in [1.82, 2.24) is 9.99 Å². The van der Waals surface area contributed by atoms with Gasteiger partial charge in [-0.2, -0.15) is 10.1 Å². The normalized spacial score (nSPS) is 16.9. The van der Waals surface area contributed by atoms with Gasteiger partial charge in [0.1, 0.15) is 26.4 Å². The molecule has 0 fully saturated rings. The topological polar surface area (TPSA) is 74.8 Å². The molecule has 1 aliphatic rings. The molecule has 2 aromatic carbocycles. The number of carbonyl (C=O) groups is 1. The van der Waals surface area contributed by atoms with E-state index in [1.807, 2.05) is 36.4 Å². The zero-order valence-electron chi connectivity index (χ0n) is 20.0. The summed E-state index contributed by atoms with van der Waals surface area (Å²) in [6.07, 6.45) is 2.91. The van der Waals surface area contributed by atoms with E-state index in [0.717, 1.165) is 5.56 Å². The first-order valence-corrected chi connectivity index (χ1v) is 13.0. The van der Waals surface area contributed by atoms with Gasteiger partial charge >= 0.3 is 6.03 Å². The van der Waals surface area contributed by atoms with E-state index in [2.05, 4.69) is 4.98 Å². The lowest BCUT2D eigenvalue weighted by Crippen LogP contribution is -2.47. The highest BCUT2D eigenvalue weighted by molar-refractivity contribution is 8.15. The van der Waals surface area contributed by atoms with Gasteiger partial charge in [-0.1, -0.05) is 60.3 Å². The van der Waals surface area contributed by atoms with Gasteiger partial charge in [0, 0.05) is 18.8 Å². The lowest BCUT2D eigenvalue weighted by Gasteiger charge is -2.37. The fourth-order valence-electron chi connectivity index (χ4n) is 3.65. The second-order valence-corrected chi connectivity index (χ2v) is 10.7. The smallest absolute Gasteiger partial charge is 0.330 e. The molecule has 4 rings (SSSR count). The van der Waals surface area contributed by atoms with Crippen LogP contribution < -0.4 is 10.6 Å². The predicted molar refractivity (Wildman–Crippen MR) is 148 cm³/mol. The Morgan fingerprint density at radius 1 is 1.14 bits per heavy atom. The molecule has 0 saturated heterocycles. The molecule has 0 radical (unpaired) electrons. The molecule has 1 aliphatic heterocycles. The Hall–Kier alpha value is -2.65. The SMILES string of the molecule is CC(Cl)Cl.CN(C(=O)N1N=C(c2cccc(F)c2)SC1(CCCN)c1ccccc1)c1ccccn1. The van der Waals surface area contributed by atoms with Crippen molar-refractivity contribution in [2.24, 2.45) is 10.8 Å². The van der Waals surface area contributed by atoms with Gasteiger partial charge in [0.15, 0.2) is 0 Å². The van der Waals surface area contributed by atoms with Gasteiger partial charge in [0.25, 0.3) is 0 Å². The molecule has 0 spiro atoms. The standard InChI is InChI=1S/C24H24FN5OS.C2H4Cl2/c1-29(21-13-5-6-16-27-21)23(31)30-24(14-8-15-26,19-10-3-2-4-11-19)32-22(28-30)18-9-7-12-20(25)17-18;1-2(3)4/h2-7,9-13,16-17H,8,14-15,26H2,1H3;2H,1H3. The summed E-state index contributed by atoms with van der Waals surface area (Å²) < 4.78 is 14.0. The van der Waals surface area contributed by atoms with E-state index >= 15 is 0 Å². The number of anilines is 1. The number of hydrogen-bond acceptors (Lipinski definition) is 5. The van der Waals surface area contributed by atoms with E-state index in [-0.39, 0.29) is 16.7 Å². The van der Waals surface area contributed by atoms with Crippen molar-refractivity contribution in [2.45, 2.75) is 29.5 Å². The van der Waals surface area contributed by atoms with Gasteiger partial charge in [0.05, 0.1) is 0 Å². The van der Waals surface area contributed by atoms with Crippen LogP contribution in [-0.2, 0) is 4.87 Å². The van der Waals surface area contributed by atoms with Crippen LogP contribution in [0, 0.1) is 5.82 Å². The van der Waals surface area contributed by atoms with E-state index in [1.54, 1.807) is 44.4 Å². The number of nitrogens with two attached hydrogens (primary N) is 1. The molecule has 190 valence electrons. The van der Waals surface area contributed by atoms with E-state index in [1.165, 1.54) is 33.8 Å². The highest BCUT2D eigenvalue weighted by Gasteiger charge is 2.49. The summed E-state index contributed by atoms with van der Waals surface area (Å²) in [5, 5.41) is 6.79. The Balaban J connectivity index is 0.000000840. The molecule has 0 aliphatic carbocycles. The minimum absolute atomic E-state index is 0.222. The third kappa shape index (κ3) is 6.76. The van der Waals surface area contributed by atoms with Crippen molar-refractivity contribution in [3.05, 3.63) is 95.9 Å². The number of nitrogens with zero attached hydrogens (tertiary/aromatic N) is 4. The first kappa shape index (κ1) is 27.9. The summed E-state index contributed by atoms with van der Waals surface area (Å²) in [5.74, 6) is 0.158. The Morgan fingerprint density at radius 2 is 1.83 bits per heavy atom. The number of rotatable bonds is 6. The molecular formula is C26H28Cl2FN5OS. The molecule has 36 heavy (non-hydrogen) atoms. The maximum atomic E-state index is 14.0. The zero-order valence-corrected chi connectivity index (χ0v) is 22.3. The average Bonchev–Trinajstić information content (AvgIpc) is 3.28. The van der Waals surface area contributed by atoms with E-state index in [9.17, 15) is 9.18 Å². The minimum Gasteiger partial charge on any atom is -0.330 e. The van der Waals surface area contributed by atoms with Crippen LogP contribution in [0.4, 0.5) is 15.0 Å². The number of thioether (sulfide) groups is 1. The van der Waals surface area contributed by atoms with E-state index in [0.29, 0.717) is 35.8 Å². The fourth-order valence-corrected chi connectivity index (χ4v) is 5.04. The van der Waals surface area contributed by atoms with Crippen molar-refractivity contribution in [3.63, 3.8) is 0 Å². The molecule has 2 heterocycles.